The van der Waals surface area contributed by atoms with Gasteiger partial charge in [0.05, 0.1) is 18.2 Å². The molecule has 3 aliphatic rings. The maximum atomic E-state index is 12.5. The van der Waals surface area contributed by atoms with Crippen molar-refractivity contribution in [3.63, 3.8) is 0 Å². The first-order chi connectivity index (χ1) is 18.5. The van der Waals surface area contributed by atoms with Crippen LogP contribution in [0.3, 0.4) is 0 Å². The maximum absolute atomic E-state index is 12.5. The van der Waals surface area contributed by atoms with E-state index in [-0.39, 0.29) is 6.10 Å². The van der Waals surface area contributed by atoms with Crippen molar-refractivity contribution in [2.45, 2.75) is 76.4 Å². The van der Waals surface area contributed by atoms with Crippen LogP contribution in [0.1, 0.15) is 73.4 Å². The lowest BCUT2D eigenvalue weighted by atomic mass is 9.98. The highest BCUT2D eigenvalue weighted by Crippen LogP contribution is 2.40. The summed E-state index contributed by atoms with van der Waals surface area (Å²) in [6.45, 7) is 2.98. The van der Waals surface area contributed by atoms with Gasteiger partial charge < -0.3 is 19.9 Å². The molecule has 7 nitrogen and oxygen atoms in total. The summed E-state index contributed by atoms with van der Waals surface area (Å²) < 4.78 is 11.7. The number of nitrogens with one attached hydrogen (secondary N) is 1. The van der Waals surface area contributed by atoms with E-state index >= 15 is 0 Å². The summed E-state index contributed by atoms with van der Waals surface area (Å²) in [5, 5.41) is 14.1. The number of nitrogens with zero attached hydrogens (tertiary/aromatic N) is 2. The first kappa shape index (κ1) is 27.2. The van der Waals surface area contributed by atoms with E-state index in [0.29, 0.717) is 41.9 Å². The van der Waals surface area contributed by atoms with Gasteiger partial charge in [-0.1, -0.05) is 24.1 Å². The number of carbonyl (C=O) groups is 1. The molecule has 1 saturated heterocycles. The van der Waals surface area contributed by atoms with Gasteiger partial charge >= 0.3 is 5.97 Å². The molecule has 2 N–H and O–H groups in total. The van der Waals surface area contributed by atoms with Gasteiger partial charge in [-0.15, -0.1) is 0 Å². The molecule has 0 amide bonds. The van der Waals surface area contributed by atoms with Gasteiger partial charge in [-0.3, -0.25) is 9.69 Å². The second-order valence-corrected chi connectivity index (χ2v) is 11.4. The van der Waals surface area contributed by atoms with Crippen molar-refractivity contribution < 1.29 is 19.4 Å². The minimum atomic E-state index is -0.880. The van der Waals surface area contributed by atoms with Crippen LogP contribution in [0.25, 0.3) is 0 Å². The first-order valence-corrected chi connectivity index (χ1v) is 14.6. The van der Waals surface area contributed by atoms with Gasteiger partial charge in [-0.25, -0.2) is 4.98 Å². The largest absolute Gasteiger partial charge is 0.495 e. The average molecular weight is 542 g/mol. The Kier molecular flexibility index (Phi) is 9.08. The van der Waals surface area contributed by atoms with E-state index in [2.05, 4.69) is 17.4 Å². The summed E-state index contributed by atoms with van der Waals surface area (Å²) in [6, 6.07) is 7.50. The van der Waals surface area contributed by atoms with Crippen molar-refractivity contribution in [3.8, 4) is 5.75 Å². The van der Waals surface area contributed by atoms with Gasteiger partial charge in [0.1, 0.15) is 17.6 Å². The summed E-state index contributed by atoms with van der Waals surface area (Å²) in [4.78, 5) is 19.2. The second-order valence-electron chi connectivity index (χ2n) is 11.0. The molecule has 1 aliphatic carbocycles. The predicted molar refractivity (Wildman–Crippen MR) is 149 cm³/mol. The number of unbranched alkanes of at least 4 members (excludes halogenated alkanes) is 2. The number of carboxylic acids is 1. The Hall–Kier alpha value is -2.35. The molecule has 0 spiro atoms. The van der Waals surface area contributed by atoms with Crippen LogP contribution >= 0.6 is 11.6 Å². The van der Waals surface area contributed by atoms with Gasteiger partial charge in [0, 0.05) is 37.5 Å². The summed E-state index contributed by atoms with van der Waals surface area (Å²) >= 11 is 6.54. The molecule has 0 unspecified atom stereocenters. The van der Waals surface area contributed by atoms with Gasteiger partial charge in [0.2, 0.25) is 0 Å². The van der Waals surface area contributed by atoms with Crippen molar-refractivity contribution in [2.75, 3.05) is 38.7 Å². The highest BCUT2D eigenvalue weighted by molar-refractivity contribution is 6.32. The van der Waals surface area contributed by atoms with Crippen LogP contribution in [-0.2, 0) is 28.8 Å². The molecule has 1 aromatic carbocycles. The number of aliphatic carboxylic acids is 1. The SMILES string of the molecule is COc1c(Cl)cc(CC2CC2)cc1[C@@H](C(=O)O)N1CC[C@@H](OCCCCCc2ccc3c(n2)NCCC3)C1. The Morgan fingerprint density at radius 2 is 2.11 bits per heavy atom. The number of aromatic nitrogens is 1. The second kappa shape index (κ2) is 12.7. The number of ether oxygens (including phenoxy) is 2. The number of pyridine rings is 1. The van der Waals surface area contributed by atoms with Crippen molar-refractivity contribution in [1.82, 2.24) is 9.88 Å². The lowest BCUT2D eigenvalue weighted by molar-refractivity contribution is -0.143. The molecule has 0 bridgehead atoms. The number of likely N-dealkylation sites (tertiary alicyclic amines) is 1. The molecule has 2 aromatic rings. The van der Waals surface area contributed by atoms with Crippen molar-refractivity contribution in [3.05, 3.63) is 51.7 Å². The molecule has 2 aliphatic heterocycles. The zero-order valence-electron chi connectivity index (χ0n) is 22.4. The van der Waals surface area contributed by atoms with Crippen LogP contribution in [0.2, 0.25) is 5.02 Å². The van der Waals surface area contributed by atoms with E-state index < -0.39 is 12.0 Å². The Morgan fingerprint density at radius 1 is 1.24 bits per heavy atom. The zero-order valence-corrected chi connectivity index (χ0v) is 23.1. The van der Waals surface area contributed by atoms with E-state index in [1.165, 1.54) is 24.8 Å². The van der Waals surface area contributed by atoms with Crippen LogP contribution < -0.4 is 10.1 Å². The number of rotatable bonds is 13. The summed E-state index contributed by atoms with van der Waals surface area (Å²) in [7, 11) is 1.55. The smallest absolute Gasteiger partial charge is 0.325 e. The maximum Gasteiger partial charge on any atom is 0.325 e. The van der Waals surface area contributed by atoms with E-state index in [4.69, 9.17) is 26.1 Å². The Balaban J connectivity index is 1.09. The van der Waals surface area contributed by atoms with Crippen molar-refractivity contribution in [1.29, 1.82) is 0 Å². The van der Waals surface area contributed by atoms with Crippen molar-refractivity contribution >= 4 is 23.4 Å². The van der Waals surface area contributed by atoms with E-state index in [0.717, 1.165) is 68.6 Å². The molecule has 2 fully saturated rings. The number of methoxy groups -OCH3 is 1. The monoisotopic (exact) mass is 541 g/mol. The first-order valence-electron chi connectivity index (χ1n) is 14.2. The number of hydrogen-bond donors (Lipinski definition) is 2. The molecule has 5 rings (SSSR count). The minimum absolute atomic E-state index is 0.0429. The number of hydrogen-bond acceptors (Lipinski definition) is 6. The molecule has 1 saturated carbocycles. The number of anilines is 1. The molecule has 206 valence electrons. The molecule has 1 aromatic heterocycles. The summed E-state index contributed by atoms with van der Waals surface area (Å²) in [6.07, 6.45) is 10.7. The van der Waals surface area contributed by atoms with E-state index in [1.54, 1.807) is 7.11 Å². The van der Waals surface area contributed by atoms with Crippen LogP contribution in [0.15, 0.2) is 24.3 Å². The lowest BCUT2D eigenvalue weighted by Crippen LogP contribution is -2.34. The third-order valence-electron chi connectivity index (χ3n) is 8.01. The van der Waals surface area contributed by atoms with E-state index in [1.807, 2.05) is 17.0 Å². The fourth-order valence-electron chi connectivity index (χ4n) is 5.82. The number of benzene rings is 1. The normalized spacial score (nSPS) is 20.1. The van der Waals surface area contributed by atoms with Gasteiger partial charge in [-0.05, 0) is 93.0 Å². The van der Waals surface area contributed by atoms with Crippen LogP contribution in [0.4, 0.5) is 5.82 Å². The predicted octanol–water partition coefficient (Wildman–Crippen LogP) is 5.68. The molecule has 38 heavy (non-hydrogen) atoms. The highest BCUT2D eigenvalue weighted by Gasteiger charge is 2.36. The number of halogens is 1. The molecule has 2 atom stereocenters. The molecule has 0 radical (unpaired) electrons. The topological polar surface area (TPSA) is 83.9 Å². The van der Waals surface area contributed by atoms with Gasteiger partial charge in [-0.2, -0.15) is 0 Å². The third kappa shape index (κ3) is 6.80. The van der Waals surface area contributed by atoms with Crippen LogP contribution in [-0.4, -0.2) is 60.4 Å². The quantitative estimate of drug-likeness (QED) is 0.315. The van der Waals surface area contributed by atoms with Crippen LogP contribution in [0, 0.1) is 5.92 Å². The van der Waals surface area contributed by atoms with Crippen LogP contribution in [0.5, 0.6) is 5.75 Å². The average Bonchev–Trinajstić information content (AvgIpc) is 3.60. The zero-order chi connectivity index (χ0) is 26.5. The molecule has 8 heteroatoms. The molecular formula is C30H40ClN3O4. The third-order valence-corrected chi connectivity index (χ3v) is 8.29. The van der Waals surface area contributed by atoms with Gasteiger partial charge in [0.25, 0.3) is 0 Å². The fourth-order valence-corrected chi connectivity index (χ4v) is 6.14. The Bertz CT molecular complexity index is 1120. The molecule has 3 heterocycles. The Labute approximate surface area is 230 Å². The number of carboxylic acid groups (broad SMARTS) is 1. The minimum Gasteiger partial charge on any atom is -0.495 e. The highest BCUT2D eigenvalue weighted by atomic mass is 35.5. The summed E-state index contributed by atoms with van der Waals surface area (Å²) in [5.41, 5.74) is 4.22. The number of fused-ring (bicyclic) bond motifs is 1. The van der Waals surface area contributed by atoms with Gasteiger partial charge in [0.15, 0.2) is 0 Å². The summed E-state index contributed by atoms with van der Waals surface area (Å²) in [5.74, 6) is 1.34. The fraction of sp³-hybridized carbons (Fsp3) is 0.600. The lowest BCUT2D eigenvalue weighted by Gasteiger charge is -2.27. The standard InChI is InChI=1S/C30H40ClN3O4/c1-37-28-25(17-21(18-26(28)31)16-20-8-9-20)27(30(35)36)34-14-12-24(19-34)38-15-4-2-3-7-23-11-10-22-6-5-13-32-29(22)33-23/h10-11,17-18,20,24,27H,2-9,12-16,19H2,1H3,(H,32,33)(H,35,36)/t24-,27+/m1/s1. The molecular weight excluding hydrogens is 502 g/mol. The van der Waals surface area contributed by atoms with Crippen molar-refractivity contribution in [2.24, 2.45) is 5.92 Å². The van der Waals surface area contributed by atoms with E-state index in [9.17, 15) is 9.90 Å². The number of aryl methyl sites for hydroxylation is 2. The Morgan fingerprint density at radius 3 is 2.89 bits per heavy atom.